The molecule has 28 heavy (non-hydrogen) atoms. The number of aromatic nitrogens is 3. The van der Waals surface area contributed by atoms with Crippen LogP contribution in [-0.4, -0.2) is 44.3 Å². The van der Waals surface area contributed by atoms with Gasteiger partial charge in [-0.2, -0.15) is 0 Å². The number of urea groups is 1. The molecule has 1 saturated heterocycles. The molecule has 0 spiro atoms. The number of carbonyl (C=O) groups excluding carboxylic acids is 1. The molecule has 3 aromatic rings. The molecule has 0 bridgehead atoms. The molecular formula is C19H16F3N5O. The number of rotatable bonds is 3. The Kier molecular flexibility index (Phi) is 3.62. The number of alkyl halides is 2. The number of halogens is 3. The number of amides is 2. The lowest BCUT2D eigenvalue weighted by molar-refractivity contribution is -0.107. The van der Waals surface area contributed by atoms with Crippen molar-refractivity contribution in [1.29, 1.82) is 0 Å². The first-order valence-corrected chi connectivity index (χ1v) is 8.96. The number of fused-ring (bicyclic) bond motifs is 1. The maximum atomic E-state index is 14.4. The molecule has 1 N–H and O–H groups in total. The molecule has 5 rings (SSSR count). The van der Waals surface area contributed by atoms with E-state index in [-0.39, 0.29) is 5.56 Å². The van der Waals surface area contributed by atoms with E-state index in [0.717, 1.165) is 23.3 Å². The number of hydrogen-bond acceptors (Lipinski definition) is 3. The van der Waals surface area contributed by atoms with E-state index >= 15 is 0 Å². The summed E-state index contributed by atoms with van der Waals surface area (Å²) in [6.45, 7) is -1.23. The van der Waals surface area contributed by atoms with E-state index in [1.54, 1.807) is 16.8 Å². The van der Waals surface area contributed by atoms with Crippen molar-refractivity contribution in [2.45, 2.75) is 24.7 Å². The van der Waals surface area contributed by atoms with Gasteiger partial charge in [-0.05, 0) is 42.5 Å². The fourth-order valence-electron chi connectivity index (χ4n) is 3.32. The zero-order valence-corrected chi connectivity index (χ0v) is 14.7. The van der Waals surface area contributed by atoms with E-state index in [1.165, 1.54) is 18.2 Å². The second kappa shape index (κ2) is 5.95. The lowest BCUT2D eigenvalue weighted by Gasteiger charge is -2.38. The summed E-state index contributed by atoms with van der Waals surface area (Å²) in [6.07, 6.45) is 7.72. The first-order valence-electron chi connectivity index (χ1n) is 8.96. The average molecular weight is 387 g/mol. The predicted molar refractivity (Wildman–Crippen MR) is 95.9 cm³/mol. The summed E-state index contributed by atoms with van der Waals surface area (Å²) in [6, 6.07) is 3.39. The number of hydrogen-bond donors (Lipinski definition) is 1. The van der Waals surface area contributed by atoms with Crippen LogP contribution in [0.1, 0.15) is 24.3 Å². The van der Waals surface area contributed by atoms with E-state index in [0.29, 0.717) is 23.1 Å². The molecule has 1 aliphatic carbocycles. The van der Waals surface area contributed by atoms with Crippen LogP contribution in [-0.2, 0) is 0 Å². The molecule has 1 aromatic carbocycles. The van der Waals surface area contributed by atoms with E-state index in [9.17, 15) is 18.0 Å². The number of likely N-dealkylation sites (tertiary alicyclic amines) is 1. The maximum absolute atomic E-state index is 14.4. The lowest BCUT2D eigenvalue weighted by Crippen LogP contribution is -2.59. The highest BCUT2D eigenvalue weighted by molar-refractivity contribution is 5.90. The summed E-state index contributed by atoms with van der Waals surface area (Å²) in [5.41, 5.74) is 2.01. The third kappa shape index (κ3) is 3.06. The van der Waals surface area contributed by atoms with Crippen LogP contribution in [0, 0.1) is 5.82 Å². The zero-order chi connectivity index (χ0) is 19.5. The highest BCUT2D eigenvalue weighted by Crippen LogP contribution is 2.39. The molecule has 2 fully saturated rings. The van der Waals surface area contributed by atoms with Crippen molar-refractivity contribution in [2.75, 3.05) is 18.4 Å². The van der Waals surface area contributed by atoms with Gasteiger partial charge in [-0.15, -0.1) is 0 Å². The van der Waals surface area contributed by atoms with Crippen LogP contribution in [0.2, 0.25) is 0 Å². The Morgan fingerprint density at radius 2 is 2.00 bits per heavy atom. The van der Waals surface area contributed by atoms with Crippen LogP contribution in [0.15, 0.2) is 36.8 Å². The van der Waals surface area contributed by atoms with Gasteiger partial charge in [0.15, 0.2) is 0 Å². The minimum atomic E-state index is -2.84. The Morgan fingerprint density at radius 3 is 2.71 bits per heavy atom. The van der Waals surface area contributed by atoms with Gasteiger partial charge in [0.05, 0.1) is 18.8 Å². The van der Waals surface area contributed by atoms with Crippen molar-refractivity contribution in [3.05, 3.63) is 48.2 Å². The number of nitrogens with one attached hydrogen (secondary N) is 1. The van der Waals surface area contributed by atoms with Crippen molar-refractivity contribution in [2.24, 2.45) is 0 Å². The smallest absolute Gasteiger partial charge is 0.312 e. The molecule has 1 aliphatic heterocycles. The minimum Gasteiger partial charge on any atom is -0.312 e. The minimum absolute atomic E-state index is 0.199. The topological polar surface area (TPSA) is 62.5 Å². The molecule has 0 unspecified atom stereocenters. The number of imidazole rings is 1. The van der Waals surface area contributed by atoms with E-state index in [4.69, 9.17) is 0 Å². The van der Waals surface area contributed by atoms with Crippen LogP contribution in [0.5, 0.6) is 0 Å². The summed E-state index contributed by atoms with van der Waals surface area (Å²) < 4.78 is 42.0. The number of carbonyl (C=O) groups is 1. The molecule has 9 heteroatoms. The van der Waals surface area contributed by atoms with Gasteiger partial charge in [-0.25, -0.2) is 27.9 Å². The van der Waals surface area contributed by atoms with Gasteiger partial charge in [0, 0.05) is 29.8 Å². The summed E-state index contributed by atoms with van der Waals surface area (Å²) in [5, 5.41) is 2.52. The summed E-state index contributed by atoms with van der Waals surface area (Å²) in [4.78, 5) is 21.7. The summed E-state index contributed by atoms with van der Waals surface area (Å²) in [5.74, 6) is -2.35. The second-order valence-electron chi connectivity index (χ2n) is 7.33. The van der Waals surface area contributed by atoms with Crippen LogP contribution in [0.25, 0.3) is 17.0 Å². The van der Waals surface area contributed by atoms with Crippen molar-refractivity contribution in [3.8, 4) is 11.3 Å². The molecule has 3 heterocycles. The SMILES string of the molecule is O=C(Nc1ccc(F)c(-c2cn3cc(C4CC4)cnc3n2)c1)N1CC(F)(F)C1. The van der Waals surface area contributed by atoms with Crippen LogP contribution in [0.3, 0.4) is 0 Å². The van der Waals surface area contributed by atoms with Crippen LogP contribution >= 0.6 is 0 Å². The summed E-state index contributed by atoms with van der Waals surface area (Å²) in [7, 11) is 0. The van der Waals surface area contributed by atoms with Crippen molar-refractivity contribution >= 4 is 17.5 Å². The average Bonchev–Trinajstić information content (AvgIpc) is 3.40. The first kappa shape index (κ1) is 17.0. The van der Waals surface area contributed by atoms with Gasteiger partial charge in [-0.3, -0.25) is 4.40 Å². The number of nitrogens with zero attached hydrogens (tertiary/aromatic N) is 4. The third-order valence-corrected chi connectivity index (χ3v) is 5.00. The highest BCUT2D eigenvalue weighted by Gasteiger charge is 2.46. The van der Waals surface area contributed by atoms with E-state index in [2.05, 4.69) is 15.3 Å². The molecule has 2 amide bonds. The Hall–Kier alpha value is -3.10. The van der Waals surface area contributed by atoms with Gasteiger partial charge in [0.2, 0.25) is 5.78 Å². The molecular weight excluding hydrogens is 371 g/mol. The van der Waals surface area contributed by atoms with Crippen molar-refractivity contribution in [1.82, 2.24) is 19.3 Å². The van der Waals surface area contributed by atoms with Gasteiger partial charge in [0.1, 0.15) is 5.82 Å². The van der Waals surface area contributed by atoms with Gasteiger partial charge in [0.25, 0.3) is 5.92 Å². The monoisotopic (exact) mass is 387 g/mol. The fourth-order valence-corrected chi connectivity index (χ4v) is 3.32. The van der Waals surface area contributed by atoms with Crippen LogP contribution in [0.4, 0.5) is 23.7 Å². The Labute approximate surface area is 158 Å². The highest BCUT2D eigenvalue weighted by atomic mass is 19.3. The van der Waals surface area contributed by atoms with Gasteiger partial charge >= 0.3 is 6.03 Å². The zero-order valence-electron chi connectivity index (χ0n) is 14.7. The third-order valence-electron chi connectivity index (χ3n) is 5.00. The molecule has 0 radical (unpaired) electrons. The maximum Gasteiger partial charge on any atom is 0.322 e. The lowest BCUT2D eigenvalue weighted by atomic mass is 10.1. The largest absolute Gasteiger partial charge is 0.322 e. The molecule has 1 saturated carbocycles. The fraction of sp³-hybridized carbons (Fsp3) is 0.316. The second-order valence-corrected chi connectivity index (χ2v) is 7.33. The predicted octanol–water partition coefficient (Wildman–Crippen LogP) is 3.90. The molecule has 0 atom stereocenters. The number of anilines is 1. The molecule has 2 aromatic heterocycles. The Morgan fingerprint density at radius 1 is 1.21 bits per heavy atom. The van der Waals surface area contributed by atoms with Gasteiger partial charge in [-0.1, -0.05) is 0 Å². The van der Waals surface area contributed by atoms with E-state index < -0.39 is 30.9 Å². The molecule has 2 aliphatic rings. The van der Waals surface area contributed by atoms with E-state index in [1.807, 2.05) is 6.20 Å². The quantitative estimate of drug-likeness (QED) is 0.742. The van der Waals surface area contributed by atoms with Crippen LogP contribution < -0.4 is 5.32 Å². The van der Waals surface area contributed by atoms with Crippen molar-refractivity contribution < 1.29 is 18.0 Å². The Balaban J connectivity index is 1.41. The molecule has 6 nitrogen and oxygen atoms in total. The Bertz CT molecular complexity index is 1080. The van der Waals surface area contributed by atoms with Gasteiger partial charge < -0.3 is 10.2 Å². The normalized spacial score (nSPS) is 18.2. The van der Waals surface area contributed by atoms with Crippen molar-refractivity contribution in [3.63, 3.8) is 0 Å². The molecule has 144 valence electrons. The standard InChI is InChI=1S/C19H16F3N5O/c20-15-4-3-13(24-18(28)27-9-19(21,22)10-27)5-14(15)16-8-26-7-12(11-1-2-11)6-23-17(26)25-16/h3-8,11H,1-2,9-10H2,(H,24,28). The number of benzene rings is 1. The summed E-state index contributed by atoms with van der Waals surface area (Å²) >= 11 is 0. The first-order chi connectivity index (χ1) is 13.4.